The smallest absolute Gasteiger partial charge is 0.410 e. The van der Waals surface area contributed by atoms with E-state index in [4.69, 9.17) is 9.47 Å². The number of rotatable bonds is 5. The van der Waals surface area contributed by atoms with Gasteiger partial charge in [0, 0.05) is 18.8 Å². The fourth-order valence-corrected chi connectivity index (χ4v) is 2.84. The monoisotopic (exact) mass is 336 g/mol. The molecule has 2 rings (SSSR count). The standard InChI is InChI=1S/C18H28N2O4/c1-18(2,3)24-17(22)20-12-5-4-8-14(20)9-7-13-23-16-15(21)10-6-11-19-16/h6,10-11,14,21H,4-5,7-9,12-13H2,1-3H3. The zero-order chi connectivity index (χ0) is 17.6. The summed E-state index contributed by atoms with van der Waals surface area (Å²) in [5, 5.41) is 9.62. The summed E-state index contributed by atoms with van der Waals surface area (Å²) in [5.74, 6) is 0.302. The second-order valence-corrected chi connectivity index (χ2v) is 7.14. The summed E-state index contributed by atoms with van der Waals surface area (Å²) in [4.78, 5) is 18.2. The van der Waals surface area contributed by atoms with E-state index in [1.807, 2.05) is 25.7 Å². The highest BCUT2D eigenvalue weighted by atomic mass is 16.6. The van der Waals surface area contributed by atoms with Crippen molar-refractivity contribution in [1.29, 1.82) is 0 Å². The van der Waals surface area contributed by atoms with Gasteiger partial charge >= 0.3 is 6.09 Å². The molecule has 0 saturated carbocycles. The zero-order valence-corrected chi connectivity index (χ0v) is 14.8. The van der Waals surface area contributed by atoms with Crippen molar-refractivity contribution in [2.45, 2.75) is 64.5 Å². The first kappa shape index (κ1) is 18.4. The minimum atomic E-state index is -0.474. The van der Waals surface area contributed by atoms with Gasteiger partial charge in [-0.2, -0.15) is 0 Å². The number of aromatic hydroxyl groups is 1. The summed E-state index contributed by atoms with van der Waals surface area (Å²) < 4.78 is 11.0. The third-order valence-electron chi connectivity index (χ3n) is 3.93. The summed E-state index contributed by atoms with van der Waals surface area (Å²) in [7, 11) is 0. The number of hydrogen-bond acceptors (Lipinski definition) is 5. The van der Waals surface area contributed by atoms with Crippen LogP contribution in [0.2, 0.25) is 0 Å². The van der Waals surface area contributed by atoms with Gasteiger partial charge in [-0.3, -0.25) is 0 Å². The van der Waals surface area contributed by atoms with Gasteiger partial charge < -0.3 is 19.5 Å². The highest BCUT2D eigenvalue weighted by Gasteiger charge is 2.30. The summed E-state index contributed by atoms with van der Waals surface area (Å²) in [5.41, 5.74) is -0.474. The maximum Gasteiger partial charge on any atom is 0.410 e. The zero-order valence-electron chi connectivity index (χ0n) is 14.8. The molecule has 6 heteroatoms. The fraction of sp³-hybridized carbons (Fsp3) is 0.667. The maximum absolute atomic E-state index is 12.4. The minimum Gasteiger partial charge on any atom is -0.503 e. The van der Waals surface area contributed by atoms with E-state index in [-0.39, 0.29) is 23.8 Å². The number of carbonyl (C=O) groups excluding carboxylic acids is 1. The van der Waals surface area contributed by atoms with Crippen LogP contribution in [0, 0.1) is 0 Å². The topological polar surface area (TPSA) is 71.9 Å². The maximum atomic E-state index is 12.4. The van der Waals surface area contributed by atoms with E-state index < -0.39 is 5.60 Å². The van der Waals surface area contributed by atoms with Crippen molar-refractivity contribution in [3.05, 3.63) is 18.3 Å². The van der Waals surface area contributed by atoms with Crippen LogP contribution in [0.25, 0.3) is 0 Å². The summed E-state index contributed by atoms with van der Waals surface area (Å²) in [6.07, 6.45) is 6.15. The molecule has 0 spiro atoms. The molecule has 1 aliphatic rings. The molecule has 0 aliphatic carbocycles. The van der Waals surface area contributed by atoms with Crippen LogP contribution >= 0.6 is 0 Å². The summed E-state index contributed by atoms with van der Waals surface area (Å²) in [6, 6.07) is 3.39. The van der Waals surface area contributed by atoms with E-state index in [1.165, 1.54) is 0 Å². The van der Waals surface area contributed by atoms with E-state index in [0.717, 1.165) is 38.6 Å². The van der Waals surface area contributed by atoms with Crippen LogP contribution in [-0.4, -0.2) is 45.9 Å². The molecule has 1 saturated heterocycles. The molecule has 6 nitrogen and oxygen atoms in total. The molecule has 1 aromatic rings. The van der Waals surface area contributed by atoms with Gasteiger partial charge in [0.05, 0.1) is 6.61 Å². The van der Waals surface area contributed by atoms with Crippen molar-refractivity contribution in [3.63, 3.8) is 0 Å². The van der Waals surface area contributed by atoms with Crippen LogP contribution in [0.1, 0.15) is 52.9 Å². The Hall–Kier alpha value is -1.98. The summed E-state index contributed by atoms with van der Waals surface area (Å²) in [6.45, 7) is 6.87. The number of likely N-dealkylation sites (tertiary alicyclic amines) is 1. The SMILES string of the molecule is CC(C)(C)OC(=O)N1CCCCC1CCCOc1ncccc1O. The number of ether oxygens (including phenoxy) is 2. The Morgan fingerprint density at radius 1 is 1.42 bits per heavy atom. The van der Waals surface area contributed by atoms with Gasteiger partial charge in [-0.15, -0.1) is 0 Å². The number of hydrogen-bond donors (Lipinski definition) is 1. The average molecular weight is 336 g/mol. The van der Waals surface area contributed by atoms with Gasteiger partial charge in [0.25, 0.3) is 5.88 Å². The van der Waals surface area contributed by atoms with Gasteiger partial charge in [0.2, 0.25) is 0 Å². The predicted molar refractivity (Wildman–Crippen MR) is 91.2 cm³/mol. The number of pyridine rings is 1. The Morgan fingerprint density at radius 3 is 2.92 bits per heavy atom. The normalized spacial score (nSPS) is 18.3. The molecule has 0 aromatic carbocycles. The third-order valence-corrected chi connectivity index (χ3v) is 3.93. The van der Waals surface area contributed by atoms with E-state index >= 15 is 0 Å². The molecule has 1 N–H and O–H groups in total. The minimum absolute atomic E-state index is 0.0468. The molecule has 1 aliphatic heterocycles. The molecule has 1 atom stereocenters. The van der Waals surface area contributed by atoms with Gasteiger partial charge in [-0.25, -0.2) is 9.78 Å². The quantitative estimate of drug-likeness (QED) is 0.829. The van der Waals surface area contributed by atoms with Crippen molar-refractivity contribution < 1.29 is 19.4 Å². The Bertz CT molecular complexity index is 542. The van der Waals surface area contributed by atoms with Crippen LogP contribution in [-0.2, 0) is 4.74 Å². The highest BCUT2D eigenvalue weighted by molar-refractivity contribution is 5.68. The number of nitrogens with zero attached hydrogens (tertiary/aromatic N) is 2. The van der Waals surface area contributed by atoms with Crippen LogP contribution in [0.5, 0.6) is 11.6 Å². The average Bonchev–Trinajstić information content (AvgIpc) is 2.52. The Labute approximate surface area is 143 Å². The van der Waals surface area contributed by atoms with Gasteiger partial charge in [0.15, 0.2) is 5.75 Å². The van der Waals surface area contributed by atoms with Crippen molar-refractivity contribution in [2.75, 3.05) is 13.2 Å². The molecule has 24 heavy (non-hydrogen) atoms. The molecule has 1 aromatic heterocycles. The van der Waals surface area contributed by atoms with Gasteiger partial charge in [-0.05, 0) is 65.0 Å². The highest BCUT2D eigenvalue weighted by Crippen LogP contribution is 2.24. The number of amides is 1. The lowest BCUT2D eigenvalue weighted by atomic mass is 9.98. The molecule has 1 amide bonds. The molecule has 1 fully saturated rings. The van der Waals surface area contributed by atoms with Crippen molar-refractivity contribution in [3.8, 4) is 11.6 Å². The van der Waals surface area contributed by atoms with E-state index in [2.05, 4.69) is 4.98 Å². The molecule has 1 unspecified atom stereocenters. The first-order chi connectivity index (χ1) is 11.4. The van der Waals surface area contributed by atoms with Gasteiger partial charge in [-0.1, -0.05) is 0 Å². The van der Waals surface area contributed by atoms with Crippen LogP contribution < -0.4 is 4.74 Å². The van der Waals surface area contributed by atoms with Crippen molar-refractivity contribution >= 4 is 6.09 Å². The molecule has 0 bridgehead atoms. The molecule has 2 heterocycles. The Kier molecular flexibility index (Phi) is 6.29. The number of piperidine rings is 1. The molecule has 0 radical (unpaired) electrons. The molecular weight excluding hydrogens is 308 g/mol. The molecular formula is C18H28N2O4. The van der Waals surface area contributed by atoms with Crippen LogP contribution in [0.3, 0.4) is 0 Å². The van der Waals surface area contributed by atoms with E-state index in [1.54, 1.807) is 18.3 Å². The van der Waals surface area contributed by atoms with E-state index in [0.29, 0.717) is 6.61 Å². The fourth-order valence-electron chi connectivity index (χ4n) is 2.84. The first-order valence-electron chi connectivity index (χ1n) is 8.63. The Morgan fingerprint density at radius 2 is 2.21 bits per heavy atom. The lowest BCUT2D eigenvalue weighted by Crippen LogP contribution is -2.46. The second-order valence-electron chi connectivity index (χ2n) is 7.14. The number of carbonyl (C=O) groups is 1. The molecule has 134 valence electrons. The summed E-state index contributed by atoms with van der Waals surface area (Å²) >= 11 is 0. The Balaban J connectivity index is 1.81. The first-order valence-corrected chi connectivity index (χ1v) is 8.63. The van der Waals surface area contributed by atoms with Crippen molar-refractivity contribution in [2.24, 2.45) is 0 Å². The number of aromatic nitrogens is 1. The van der Waals surface area contributed by atoms with Crippen LogP contribution in [0.15, 0.2) is 18.3 Å². The third kappa shape index (κ3) is 5.58. The van der Waals surface area contributed by atoms with Crippen LogP contribution in [0.4, 0.5) is 4.79 Å². The lowest BCUT2D eigenvalue weighted by molar-refractivity contribution is 0.00822. The van der Waals surface area contributed by atoms with E-state index in [9.17, 15) is 9.90 Å². The lowest BCUT2D eigenvalue weighted by Gasteiger charge is -2.36. The van der Waals surface area contributed by atoms with Crippen molar-refractivity contribution in [1.82, 2.24) is 9.88 Å². The predicted octanol–water partition coefficient (Wildman–Crippen LogP) is 3.74. The second kappa shape index (κ2) is 8.22. The largest absolute Gasteiger partial charge is 0.503 e. The van der Waals surface area contributed by atoms with Gasteiger partial charge in [0.1, 0.15) is 5.60 Å².